The normalized spacial score (nSPS) is 25.2. The van der Waals surface area contributed by atoms with Gasteiger partial charge in [0, 0.05) is 7.05 Å². The van der Waals surface area contributed by atoms with Crippen molar-refractivity contribution in [2.24, 2.45) is 5.10 Å². The summed E-state index contributed by atoms with van der Waals surface area (Å²) in [7, 11) is 1.58. The predicted molar refractivity (Wildman–Crippen MR) is 31.1 cm³/mol. The number of hydrogen-bond acceptors (Lipinski definition) is 4. The van der Waals surface area contributed by atoms with Crippen LogP contribution in [0.25, 0.3) is 0 Å². The zero-order valence-electron chi connectivity index (χ0n) is 4.94. The van der Waals surface area contributed by atoms with Gasteiger partial charge in [0.15, 0.2) is 12.3 Å². The van der Waals surface area contributed by atoms with Gasteiger partial charge in [0.2, 0.25) is 5.78 Å². The van der Waals surface area contributed by atoms with Gasteiger partial charge in [0.1, 0.15) is 0 Å². The summed E-state index contributed by atoms with van der Waals surface area (Å²) >= 11 is 0. The van der Waals surface area contributed by atoms with E-state index in [-0.39, 0.29) is 5.78 Å². The van der Waals surface area contributed by atoms with Crippen molar-refractivity contribution in [3.05, 3.63) is 0 Å². The summed E-state index contributed by atoms with van der Waals surface area (Å²) in [6.45, 7) is 0. The van der Waals surface area contributed by atoms with Crippen LogP contribution in [0.2, 0.25) is 0 Å². The van der Waals surface area contributed by atoms with Crippen molar-refractivity contribution in [3.8, 4) is 0 Å². The maximum atomic E-state index is 10.6. The van der Waals surface area contributed by atoms with Crippen molar-refractivity contribution in [2.75, 3.05) is 7.05 Å². The molecule has 1 aliphatic heterocycles. The average molecular weight is 126 g/mol. The van der Waals surface area contributed by atoms with Crippen molar-refractivity contribution in [3.63, 3.8) is 0 Å². The summed E-state index contributed by atoms with van der Waals surface area (Å²) in [5.74, 6) is -0.243. The van der Waals surface area contributed by atoms with Gasteiger partial charge < -0.3 is 4.79 Å². The number of carbonyl (C=O) groups is 2. The minimum absolute atomic E-state index is 0.243. The van der Waals surface area contributed by atoms with Crippen molar-refractivity contribution >= 4 is 18.3 Å². The Morgan fingerprint density at radius 3 is 2.78 bits per heavy atom. The third-order valence-corrected chi connectivity index (χ3v) is 1.19. The van der Waals surface area contributed by atoms with Crippen LogP contribution in [-0.2, 0) is 9.59 Å². The quantitative estimate of drug-likeness (QED) is 0.336. The summed E-state index contributed by atoms with van der Waals surface area (Å²) in [6, 6.07) is -0.676. The summed E-state index contributed by atoms with van der Waals surface area (Å²) < 4.78 is 0. The molecule has 0 N–H and O–H groups in total. The average Bonchev–Trinajstić information content (AvgIpc) is 2.12. The largest absolute Gasteiger partial charge is 0.300 e. The zero-order chi connectivity index (χ0) is 6.85. The van der Waals surface area contributed by atoms with E-state index in [1.54, 1.807) is 7.05 Å². The summed E-state index contributed by atoms with van der Waals surface area (Å²) in [5.41, 5.74) is 0. The molecular formula is C5H6N2O2. The van der Waals surface area contributed by atoms with E-state index in [1.807, 2.05) is 0 Å². The Balaban J connectivity index is 2.74. The molecule has 0 fully saturated rings. The smallest absolute Gasteiger partial charge is 0.206 e. The highest BCUT2D eigenvalue weighted by Gasteiger charge is 2.24. The molecule has 1 rings (SSSR count). The molecule has 9 heavy (non-hydrogen) atoms. The molecule has 0 aromatic heterocycles. The van der Waals surface area contributed by atoms with Crippen molar-refractivity contribution < 1.29 is 9.59 Å². The first-order valence-corrected chi connectivity index (χ1v) is 2.51. The van der Waals surface area contributed by atoms with Crippen LogP contribution >= 0.6 is 0 Å². The second kappa shape index (κ2) is 1.97. The Kier molecular flexibility index (Phi) is 1.30. The van der Waals surface area contributed by atoms with Crippen molar-refractivity contribution in [1.82, 2.24) is 5.01 Å². The minimum Gasteiger partial charge on any atom is -0.300 e. The molecule has 1 atom stereocenters. The van der Waals surface area contributed by atoms with Crippen LogP contribution in [0.1, 0.15) is 0 Å². The summed E-state index contributed by atoms with van der Waals surface area (Å²) in [4.78, 5) is 20.7. The number of Topliss-reactive ketones (excluding diaryl/α,β-unsaturated/α-hetero) is 1. The van der Waals surface area contributed by atoms with Crippen LogP contribution < -0.4 is 0 Å². The van der Waals surface area contributed by atoms with E-state index >= 15 is 0 Å². The second-order valence-electron chi connectivity index (χ2n) is 1.80. The predicted octanol–water partition coefficient (Wildman–Crippen LogP) is -0.946. The van der Waals surface area contributed by atoms with Gasteiger partial charge in [0.25, 0.3) is 0 Å². The number of rotatable bonds is 1. The van der Waals surface area contributed by atoms with Gasteiger partial charge in [-0.25, -0.2) is 0 Å². The van der Waals surface area contributed by atoms with Gasteiger partial charge in [-0.05, 0) is 0 Å². The van der Waals surface area contributed by atoms with Gasteiger partial charge in [-0.15, -0.1) is 0 Å². The molecule has 1 heterocycles. The molecule has 4 heteroatoms. The molecule has 0 aromatic carbocycles. The number of likely N-dealkylation sites (N-methyl/N-ethyl adjacent to an activating group) is 1. The maximum absolute atomic E-state index is 10.6. The topological polar surface area (TPSA) is 49.7 Å². The fourth-order valence-corrected chi connectivity index (χ4v) is 0.635. The monoisotopic (exact) mass is 126 g/mol. The highest BCUT2D eigenvalue weighted by atomic mass is 16.2. The highest BCUT2D eigenvalue weighted by Crippen LogP contribution is 2.00. The number of carbonyl (C=O) groups excluding carboxylic acids is 2. The van der Waals surface area contributed by atoms with Crippen molar-refractivity contribution in [1.29, 1.82) is 0 Å². The van der Waals surface area contributed by atoms with E-state index in [1.165, 1.54) is 5.01 Å². The highest BCUT2D eigenvalue weighted by molar-refractivity contribution is 6.34. The molecule has 0 aromatic rings. The second-order valence-corrected chi connectivity index (χ2v) is 1.80. The molecule has 0 saturated heterocycles. The fourth-order valence-electron chi connectivity index (χ4n) is 0.635. The van der Waals surface area contributed by atoms with Gasteiger partial charge in [-0.2, -0.15) is 5.10 Å². The first kappa shape index (κ1) is 5.94. The molecule has 1 unspecified atom stereocenters. The number of hydrazone groups is 1. The minimum atomic E-state index is -0.676. The number of hydrogen-bond donors (Lipinski definition) is 0. The van der Waals surface area contributed by atoms with Gasteiger partial charge in [0.05, 0.1) is 6.21 Å². The van der Waals surface area contributed by atoms with Crippen LogP contribution in [0.4, 0.5) is 0 Å². The molecule has 0 saturated carbocycles. The lowest BCUT2D eigenvalue weighted by Gasteiger charge is -2.08. The Hall–Kier alpha value is -1.19. The fraction of sp³-hybridized carbons (Fsp3) is 0.400. The van der Waals surface area contributed by atoms with Crippen LogP contribution in [0, 0.1) is 0 Å². The zero-order valence-corrected chi connectivity index (χ0v) is 4.94. The van der Waals surface area contributed by atoms with Crippen LogP contribution in [0.5, 0.6) is 0 Å². The molecule has 0 amide bonds. The first-order valence-electron chi connectivity index (χ1n) is 2.51. The van der Waals surface area contributed by atoms with Crippen molar-refractivity contribution in [2.45, 2.75) is 6.04 Å². The van der Waals surface area contributed by atoms with E-state index < -0.39 is 6.04 Å². The number of nitrogens with zero attached hydrogens (tertiary/aromatic N) is 2. The SMILES string of the molecule is CN1N=CC(=O)C1C=O. The van der Waals surface area contributed by atoms with E-state index in [4.69, 9.17) is 0 Å². The lowest BCUT2D eigenvalue weighted by Crippen LogP contribution is -2.30. The Bertz CT molecular complexity index is 176. The van der Waals surface area contributed by atoms with E-state index in [9.17, 15) is 9.59 Å². The standard InChI is InChI=1S/C5H6N2O2/c1-7-4(3-8)5(9)2-6-7/h2-4H,1H3. The summed E-state index contributed by atoms with van der Waals surface area (Å²) in [5, 5.41) is 4.93. The first-order chi connectivity index (χ1) is 4.25. The number of aldehydes is 1. The molecule has 4 nitrogen and oxygen atoms in total. The van der Waals surface area contributed by atoms with E-state index in [0.717, 1.165) is 6.21 Å². The third-order valence-electron chi connectivity index (χ3n) is 1.19. The van der Waals surface area contributed by atoms with Crippen LogP contribution in [0.15, 0.2) is 5.10 Å². The third kappa shape index (κ3) is 0.826. The maximum Gasteiger partial charge on any atom is 0.206 e. The van der Waals surface area contributed by atoms with Crippen LogP contribution in [-0.4, -0.2) is 36.4 Å². The Morgan fingerprint density at radius 1 is 1.89 bits per heavy atom. The number of ketones is 1. The lowest BCUT2D eigenvalue weighted by atomic mass is 10.2. The summed E-state index contributed by atoms with van der Waals surface area (Å²) in [6.07, 6.45) is 1.73. The molecule has 0 bridgehead atoms. The molecule has 48 valence electrons. The van der Waals surface area contributed by atoms with Gasteiger partial charge in [-0.1, -0.05) is 0 Å². The molecule has 0 aliphatic carbocycles. The Morgan fingerprint density at radius 2 is 2.56 bits per heavy atom. The van der Waals surface area contributed by atoms with E-state index in [2.05, 4.69) is 5.10 Å². The van der Waals surface area contributed by atoms with Gasteiger partial charge >= 0.3 is 0 Å². The molecule has 0 radical (unpaired) electrons. The molecule has 1 aliphatic rings. The van der Waals surface area contributed by atoms with Crippen LogP contribution in [0.3, 0.4) is 0 Å². The van der Waals surface area contributed by atoms with Gasteiger partial charge in [-0.3, -0.25) is 9.80 Å². The van der Waals surface area contributed by atoms with E-state index in [0.29, 0.717) is 6.29 Å². The lowest BCUT2D eigenvalue weighted by molar-refractivity contribution is -0.122. The molecular weight excluding hydrogens is 120 g/mol. The molecule has 0 spiro atoms. The Labute approximate surface area is 52.1 Å².